The summed E-state index contributed by atoms with van der Waals surface area (Å²) in [6.07, 6.45) is 2.39. The Hall–Kier alpha value is -0.620. The Bertz CT molecular complexity index is 442. The summed E-state index contributed by atoms with van der Waals surface area (Å²) in [4.78, 5) is 14.6. The van der Waals surface area contributed by atoms with Gasteiger partial charge in [-0.2, -0.15) is 0 Å². The monoisotopic (exact) mass is 372 g/mol. The van der Waals surface area contributed by atoms with Crippen molar-refractivity contribution in [1.82, 2.24) is 10.2 Å². The van der Waals surface area contributed by atoms with Crippen molar-refractivity contribution in [3.05, 3.63) is 33.4 Å². The van der Waals surface area contributed by atoms with E-state index in [2.05, 4.69) is 41.8 Å². The van der Waals surface area contributed by atoms with Gasteiger partial charge in [0.15, 0.2) is 0 Å². The van der Waals surface area contributed by atoms with Gasteiger partial charge in [-0.25, -0.2) is 0 Å². The molecular formula is C15H21IN2O. The summed E-state index contributed by atoms with van der Waals surface area (Å²) in [5, 5.41) is 3.46. The summed E-state index contributed by atoms with van der Waals surface area (Å²) in [5.74, 6) is 0.141. The van der Waals surface area contributed by atoms with E-state index in [0.717, 1.165) is 22.2 Å². The van der Waals surface area contributed by atoms with E-state index in [0.29, 0.717) is 6.04 Å². The van der Waals surface area contributed by atoms with E-state index in [1.807, 2.05) is 29.2 Å². The molecule has 1 amide bonds. The molecule has 0 bridgehead atoms. The fourth-order valence-electron chi connectivity index (χ4n) is 2.47. The molecule has 1 fully saturated rings. The van der Waals surface area contributed by atoms with E-state index >= 15 is 0 Å². The molecule has 1 aromatic rings. The van der Waals surface area contributed by atoms with Gasteiger partial charge < -0.3 is 10.2 Å². The number of benzene rings is 1. The first-order valence-corrected chi connectivity index (χ1v) is 7.95. The molecular weight excluding hydrogens is 351 g/mol. The quantitative estimate of drug-likeness (QED) is 0.825. The van der Waals surface area contributed by atoms with E-state index in [4.69, 9.17) is 0 Å². The molecule has 104 valence electrons. The van der Waals surface area contributed by atoms with Crippen LogP contribution in [0, 0.1) is 3.57 Å². The molecule has 3 nitrogen and oxygen atoms in total. The minimum Gasteiger partial charge on any atom is -0.335 e. The van der Waals surface area contributed by atoms with Gasteiger partial charge in [-0.3, -0.25) is 4.79 Å². The highest BCUT2D eigenvalue weighted by molar-refractivity contribution is 14.1. The Morgan fingerprint density at radius 2 is 2.32 bits per heavy atom. The molecule has 0 spiro atoms. The Morgan fingerprint density at radius 1 is 1.53 bits per heavy atom. The van der Waals surface area contributed by atoms with Crippen LogP contribution < -0.4 is 5.32 Å². The minimum absolute atomic E-state index is 0.141. The third-order valence-corrected chi connectivity index (χ3v) is 4.21. The maximum atomic E-state index is 12.6. The summed E-state index contributed by atoms with van der Waals surface area (Å²) in [5.41, 5.74) is 0.790. The van der Waals surface area contributed by atoms with Crippen LogP contribution in [0.25, 0.3) is 0 Å². The zero-order valence-electron chi connectivity index (χ0n) is 11.5. The maximum Gasteiger partial charge on any atom is 0.254 e. The Balaban J connectivity index is 2.11. The van der Waals surface area contributed by atoms with Gasteiger partial charge in [0, 0.05) is 27.8 Å². The number of rotatable bonds is 4. The molecule has 1 aliphatic heterocycles. The predicted octanol–water partition coefficient (Wildman–Crippen LogP) is 2.89. The van der Waals surface area contributed by atoms with Gasteiger partial charge in [-0.1, -0.05) is 6.07 Å². The van der Waals surface area contributed by atoms with E-state index in [1.165, 1.54) is 12.8 Å². The molecule has 1 aromatic carbocycles. The predicted molar refractivity (Wildman–Crippen MR) is 86.4 cm³/mol. The first-order chi connectivity index (χ1) is 9.08. The molecule has 1 heterocycles. The van der Waals surface area contributed by atoms with Crippen molar-refractivity contribution in [1.29, 1.82) is 0 Å². The number of hydrogen-bond acceptors (Lipinski definition) is 2. The summed E-state index contributed by atoms with van der Waals surface area (Å²) >= 11 is 2.25. The van der Waals surface area contributed by atoms with E-state index in [-0.39, 0.29) is 11.9 Å². The Kier molecular flexibility index (Phi) is 5.21. The number of nitrogens with zero attached hydrogens (tertiary/aromatic N) is 1. The van der Waals surface area contributed by atoms with Gasteiger partial charge in [-0.05, 0) is 74.0 Å². The minimum atomic E-state index is 0.141. The second kappa shape index (κ2) is 6.70. The van der Waals surface area contributed by atoms with Crippen LogP contribution >= 0.6 is 22.6 Å². The van der Waals surface area contributed by atoms with Crippen LogP contribution in [0.3, 0.4) is 0 Å². The van der Waals surface area contributed by atoms with Gasteiger partial charge in [0.25, 0.3) is 5.91 Å². The number of hydrogen-bond donors (Lipinski definition) is 1. The van der Waals surface area contributed by atoms with Gasteiger partial charge >= 0.3 is 0 Å². The summed E-state index contributed by atoms with van der Waals surface area (Å²) in [6, 6.07) is 8.50. The van der Waals surface area contributed by atoms with Crippen molar-refractivity contribution in [2.75, 3.05) is 13.1 Å². The van der Waals surface area contributed by atoms with Gasteiger partial charge in [0.2, 0.25) is 0 Å². The van der Waals surface area contributed by atoms with Crippen LogP contribution in [0.5, 0.6) is 0 Å². The lowest BCUT2D eigenvalue weighted by molar-refractivity contribution is 0.0689. The molecule has 4 heteroatoms. The number of nitrogens with one attached hydrogen (secondary N) is 1. The lowest BCUT2D eigenvalue weighted by Crippen LogP contribution is -2.44. The van der Waals surface area contributed by atoms with Gasteiger partial charge in [0.1, 0.15) is 0 Å². The highest BCUT2D eigenvalue weighted by atomic mass is 127. The molecule has 2 rings (SSSR count). The van der Waals surface area contributed by atoms with Crippen molar-refractivity contribution in [3.63, 3.8) is 0 Å². The first-order valence-electron chi connectivity index (χ1n) is 6.88. The average Bonchev–Trinajstić information content (AvgIpc) is 2.87. The summed E-state index contributed by atoms with van der Waals surface area (Å²) in [7, 11) is 0. The summed E-state index contributed by atoms with van der Waals surface area (Å²) in [6.45, 7) is 6.05. The molecule has 0 radical (unpaired) electrons. The fourth-order valence-corrected chi connectivity index (χ4v) is 3.01. The Morgan fingerprint density at radius 3 is 2.89 bits per heavy atom. The van der Waals surface area contributed by atoms with E-state index in [1.54, 1.807) is 0 Å². The van der Waals surface area contributed by atoms with Crippen LogP contribution in [0.15, 0.2) is 24.3 Å². The third-order valence-electron chi connectivity index (χ3n) is 3.54. The van der Waals surface area contributed by atoms with Crippen molar-refractivity contribution >= 4 is 28.5 Å². The molecule has 1 unspecified atom stereocenters. The SMILES string of the molecule is CC(C)N(CC1CCCN1)C(=O)c1cccc(I)c1. The van der Waals surface area contributed by atoms with Gasteiger partial charge in [0.05, 0.1) is 0 Å². The second-order valence-electron chi connectivity index (χ2n) is 5.35. The molecule has 0 aliphatic carbocycles. The lowest BCUT2D eigenvalue weighted by Gasteiger charge is -2.29. The number of halogens is 1. The van der Waals surface area contributed by atoms with E-state index in [9.17, 15) is 4.79 Å². The first kappa shape index (κ1) is 14.8. The molecule has 1 aliphatic rings. The molecule has 1 saturated heterocycles. The number of carbonyl (C=O) groups is 1. The van der Waals surface area contributed by atoms with Crippen LogP contribution in [0.2, 0.25) is 0 Å². The summed E-state index contributed by atoms with van der Waals surface area (Å²) < 4.78 is 1.10. The fraction of sp³-hybridized carbons (Fsp3) is 0.533. The van der Waals surface area contributed by atoms with Crippen molar-refractivity contribution in [2.45, 2.75) is 38.8 Å². The second-order valence-corrected chi connectivity index (χ2v) is 6.60. The standard InChI is InChI=1S/C15H21IN2O/c1-11(2)18(10-14-7-4-8-17-14)15(19)12-5-3-6-13(16)9-12/h3,5-6,9,11,14,17H,4,7-8,10H2,1-2H3. The zero-order valence-corrected chi connectivity index (χ0v) is 13.7. The molecule has 1 N–H and O–H groups in total. The van der Waals surface area contributed by atoms with Crippen LogP contribution in [-0.4, -0.2) is 36.0 Å². The Labute approximate surface area is 128 Å². The maximum absolute atomic E-state index is 12.6. The van der Waals surface area contributed by atoms with Gasteiger partial charge in [-0.15, -0.1) is 0 Å². The van der Waals surface area contributed by atoms with Crippen molar-refractivity contribution < 1.29 is 4.79 Å². The largest absolute Gasteiger partial charge is 0.335 e. The molecule has 0 saturated carbocycles. The normalized spacial score (nSPS) is 18.8. The van der Waals surface area contributed by atoms with Crippen LogP contribution in [0.4, 0.5) is 0 Å². The van der Waals surface area contributed by atoms with Crippen LogP contribution in [0.1, 0.15) is 37.0 Å². The highest BCUT2D eigenvalue weighted by Crippen LogP contribution is 2.15. The van der Waals surface area contributed by atoms with Crippen molar-refractivity contribution in [2.24, 2.45) is 0 Å². The van der Waals surface area contributed by atoms with Crippen molar-refractivity contribution in [3.8, 4) is 0 Å². The third kappa shape index (κ3) is 3.92. The number of amides is 1. The molecule has 0 aromatic heterocycles. The smallest absolute Gasteiger partial charge is 0.254 e. The average molecular weight is 372 g/mol. The van der Waals surface area contributed by atoms with E-state index < -0.39 is 0 Å². The molecule has 19 heavy (non-hydrogen) atoms. The van der Waals surface area contributed by atoms with Crippen LogP contribution in [-0.2, 0) is 0 Å². The molecule has 1 atom stereocenters. The highest BCUT2D eigenvalue weighted by Gasteiger charge is 2.24. The topological polar surface area (TPSA) is 32.3 Å². The number of carbonyl (C=O) groups excluding carboxylic acids is 1. The zero-order chi connectivity index (χ0) is 13.8. The lowest BCUT2D eigenvalue weighted by atomic mass is 10.1.